The van der Waals surface area contributed by atoms with E-state index in [1.807, 2.05) is 43.4 Å². The van der Waals surface area contributed by atoms with Crippen LogP contribution in [0.15, 0.2) is 18.2 Å². The van der Waals surface area contributed by atoms with Gasteiger partial charge >= 0.3 is 6.09 Å². The number of hydrogen-bond acceptors (Lipinski definition) is 3. The van der Waals surface area contributed by atoms with E-state index in [1.165, 1.54) is 18.2 Å². The molecule has 2 amide bonds. The topological polar surface area (TPSA) is 58.6 Å². The van der Waals surface area contributed by atoms with Crippen LogP contribution in [0.2, 0.25) is 0 Å². The summed E-state index contributed by atoms with van der Waals surface area (Å²) in [6.45, 7) is 7.47. The highest BCUT2D eigenvalue weighted by molar-refractivity contribution is 14.1. The van der Waals surface area contributed by atoms with Gasteiger partial charge in [-0.05, 0) is 86.7 Å². The molecular formula is C19H26FIN2O3. The Bertz CT molecular complexity index is 661. The molecule has 1 saturated heterocycles. The first kappa shape index (κ1) is 20.9. The fourth-order valence-electron chi connectivity index (χ4n) is 2.95. The van der Waals surface area contributed by atoms with Gasteiger partial charge in [-0.1, -0.05) is 0 Å². The number of carbonyl (C=O) groups excluding carboxylic acids is 2. The third-order valence-corrected chi connectivity index (χ3v) is 5.08. The quantitative estimate of drug-likeness (QED) is 0.663. The fourth-order valence-corrected chi connectivity index (χ4v) is 3.67. The molecule has 2 rings (SSSR count). The van der Waals surface area contributed by atoms with Crippen molar-refractivity contribution in [3.63, 3.8) is 0 Å². The molecule has 1 atom stereocenters. The van der Waals surface area contributed by atoms with Crippen molar-refractivity contribution in [3.05, 3.63) is 33.1 Å². The van der Waals surface area contributed by atoms with Crippen LogP contribution in [0.3, 0.4) is 0 Å². The van der Waals surface area contributed by atoms with Gasteiger partial charge in [0.25, 0.3) is 5.91 Å². The Morgan fingerprint density at radius 3 is 2.77 bits per heavy atom. The van der Waals surface area contributed by atoms with Gasteiger partial charge in [0.15, 0.2) is 0 Å². The standard InChI is InChI=1S/C19H26FIN2O3/c1-19(2,3)26-18(25)23-10-4-5-13(12-23)8-9-22-17(24)15-7-6-14(20)11-16(15)21/h6-7,11,13H,4-5,8-10,12H2,1-3H3,(H,22,24). The van der Waals surface area contributed by atoms with Crippen molar-refractivity contribution in [3.8, 4) is 0 Å². The summed E-state index contributed by atoms with van der Waals surface area (Å²) in [4.78, 5) is 26.2. The van der Waals surface area contributed by atoms with E-state index in [0.29, 0.717) is 34.7 Å². The van der Waals surface area contributed by atoms with E-state index in [1.54, 1.807) is 4.90 Å². The highest BCUT2D eigenvalue weighted by atomic mass is 127. The molecule has 0 spiro atoms. The maximum atomic E-state index is 13.1. The fraction of sp³-hybridized carbons (Fsp3) is 0.579. The van der Waals surface area contributed by atoms with Crippen LogP contribution in [-0.4, -0.2) is 42.1 Å². The highest BCUT2D eigenvalue weighted by Gasteiger charge is 2.27. The zero-order valence-electron chi connectivity index (χ0n) is 15.5. The van der Waals surface area contributed by atoms with E-state index in [-0.39, 0.29) is 17.8 Å². The second-order valence-corrected chi connectivity index (χ2v) is 8.77. The van der Waals surface area contributed by atoms with Gasteiger partial charge in [0.2, 0.25) is 0 Å². The third kappa shape index (κ3) is 6.41. The molecule has 144 valence electrons. The predicted molar refractivity (Wildman–Crippen MR) is 107 cm³/mol. The molecule has 1 aliphatic rings. The van der Waals surface area contributed by atoms with Gasteiger partial charge in [-0.3, -0.25) is 4.79 Å². The number of benzene rings is 1. The number of nitrogens with one attached hydrogen (secondary N) is 1. The summed E-state index contributed by atoms with van der Waals surface area (Å²) in [6, 6.07) is 4.13. The van der Waals surface area contributed by atoms with Gasteiger partial charge in [0, 0.05) is 23.2 Å². The monoisotopic (exact) mass is 476 g/mol. The van der Waals surface area contributed by atoms with Crippen molar-refractivity contribution in [1.29, 1.82) is 0 Å². The summed E-state index contributed by atoms with van der Waals surface area (Å²) in [6.07, 6.45) is 2.49. The van der Waals surface area contributed by atoms with Crippen molar-refractivity contribution in [2.45, 2.75) is 45.6 Å². The zero-order chi connectivity index (χ0) is 19.3. The van der Waals surface area contributed by atoms with Crippen LogP contribution in [-0.2, 0) is 4.74 Å². The van der Waals surface area contributed by atoms with Crippen LogP contribution in [0.5, 0.6) is 0 Å². The predicted octanol–water partition coefficient (Wildman–Crippen LogP) is 4.20. The Kier molecular flexibility index (Phi) is 7.25. The normalized spacial score (nSPS) is 17.7. The smallest absolute Gasteiger partial charge is 0.410 e. The first-order chi connectivity index (χ1) is 12.2. The number of ether oxygens (including phenoxy) is 1. The molecule has 1 heterocycles. The van der Waals surface area contributed by atoms with Crippen LogP contribution >= 0.6 is 22.6 Å². The van der Waals surface area contributed by atoms with E-state index < -0.39 is 5.60 Å². The first-order valence-electron chi connectivity index (χ1n) is 8.87. The molecule has 0 saturated carbocycles. The highest BCUT2D eigenvalue weighted by Crippen LogP contribution is 2.21. The number of likely N-dealkylation sites (tertiary alicyclic amines) is 1. The lowest BCUT2D eigenvalue weighted by molar-refractivity contribution is 0.0161. The average molecular weight is 476 g/mol. The molecule has 1 aliphatic heterocycles. The second kappa shape index (κ2) is 9.01. The van der Waals surface area contributed by atoms with Crippen molar-refractivity contribution in [2.24, 2.45) is 5.92 Å². The molecule has 1 aromatic carbocycles. The summed E-state index contributed by atoms with van der Waals surface area (Å²) in [5, 5.41) is 2.89. The minimum absolute atomic E-state index is 0.200. The zero-order valence-corrected chi connectivity index (χ0v) is 17.6. The molecule has 7 heteroatoms. The van der Waals surface area contributed by atoms with E-state index in [0.717, 1.165) is 19.3 Å². The second-order valence-electron chi connectivity index (χ2n) is 7.60. The number of halogens is 2. The number of carbonyl (C=O) groups is 2. The average Bonchev–Trinajstić information content (AvgIpc) is 2.53. The largest absolute Gasteiger partial charge is 0.444 e. The number of rotatable bonds is 4. The van der Waals surface area contributed by atoms with Gasteiger partial charge in [-0.2, -0.15) is 0 Å². The first-order valence-corrected chi connectivity index (χ1v) is 9.95. The van der Waals surface area contributed by atoms with E-state index in [9.17, 15) is 14.0 Å². The number of hydrogen-bond donors (Lipinski definition) is 1. The summed E-state index contributed by atoms with van der Waals surface area (Å²) >= 11 is 1.96. The molecule has 0 bridgehead atoms. The Hall–Kier alpha value is -1.38. The molecule has 1 N–H and O–H groups in total. The van der Waals surface area contributed by atoms with Gasteiger partial charge in [0.05, 0.1) is 5.56 Å². The van der Waals surface area contributed by atoms with Crippen molar-refractivity contribution in [2.75, 3.05) is 19.6 Å². The molecule has 0 radical (unpaired) electrons. The van der Waals surface area contributed by atoms with Crippen LogP contribution < -0.4 is 5.32 Å². The van der Waals surface area contributed by atoms with Gasteiger partial charge in [-0.15, -0.1) is 0 Å². The van der Waals surface area contributed by atoms with Crippen LogP contribution in [0.1, 0.15) is 50.4 Å². The minimum atomic E-state index is -0.496. The maximum absolute atomic E-state index is 13.1. The SMILES string of the molecule is CC(C)(C)OC(=O)N1CCCC(CCNC(=O)c2ccc(F)cc2I)C1. The molecule has 26 heavy (non-hydrogen) atoms. The third-order valence-electron chi connectivity index (χ3n) is 4.18. The minimum Gasteiger partial charge on any atom is -0.444 e. The van der Waals surface area contributed by atoms with Crippen LogP contribution in [0.25, 0.3) is 0 Å². The van der Waals surface area contributed by atoms with E-state index in [4.69, 9.17) is 4.74 Å². The van der Waals surface area contributed by atoms with Gasteiger partial charge in [0.1, 0.15) is 11.4 Å². The van der Waals surface area contributed by atoms with Crippen molar-refractivity contribution >= 4 is 34.6 Å². The molecule has 0 aliphatic carbocycles. The maximum Gasteiger partial charge on any atom is 0.410 e. The van der Waals surface area contributed by atoms with Gasteiger partial charge < -0.3 is 15.0 Å². The summed E-state index contributed by atoms with van der Waals surface area (Å²) in [7, 11) is 0. The van der Waals surface area contributed by atoms with E-state index >= 15 is 0 Å². The van der Waals surface area contributed by atoms with Crippen LogP contribution in [0.4, 0.5) is 9.18 Å². The Morgan fingerprint density at radius 1 is 1.38 bits per heavy atom. The molecule has 1 aromatic rings. The molecule has 1 unspecified atom stereocenters. The van der Waals surface area contributed by atoms with Gasteiger partial charge in [-0.25, -0.2) is 9.18 Å². The van der Waals surface area contributed by atoms with Crippen molar-refractivity contribution < 1.29 is 18.7 Å². The Morgan fingerprint density at radius 2 is 2.12 bits per heavy atom. The lowest BCUT2D eigenvalue weighted by atomic mass is 9.95. The van der Waals surface area contributed by atoms with E-state index in [2.05, 4.69) is 5.32 Å². The Balaban J connectivity index is 1.80. The number of piperidine rings is 1. The molecular weight excluding hydrogens is 450 g/mol. The number of nitrogens with zero attached hydrogens (tertiary/aromatic N) is 1. The summed E-state index contributed by atoms with van der Waals surface area (Å²) in [5.41, 5.74) is -0.0179. The lowest BCUT2D eigenvalue weighted by Crippen LogP contribution is -2.43. The van der Waals surface area contributed by atoms with Crippen LogP contribution in [0, 0.1) is 15.3 Å². The molecule has 5 nitrogen and oxygen atoms in total. The molecule has 1 fully saturated rings. The Labute approximate surface area is 167 Å². The summed E-state index contributed by atoms with van der Waals surface area (Å²) in [5.74, 6) is -0.214. The number of amides is 2. The lowest BCUT2D eigenvalue weighted by Gasteiger charge is -2.34. The summed E-state index contributed by atoms with van der Waals surface area (Å²) < 4.78 is 19.2. The van der Waals surface area contributed by atoms with Crippen molar-refractivity contribution in [1.82, 2.24) is 10.2 Å². The molecule has 0 aromatic heterocycles.